The van der Waals surface area contributed by atoms with Crippen LogP contribution in [0.1, 0.15) is 27.7 Å². The Hall–Kier alpha value is -3.23. The van der Waals surface area contributed by atoms with E-state index in [4.69, 9.17) is 4.98 Å². The van der Waals surface area contributed by atoms with Crippen molar-refractivity contribution in [3.63, 3.8) is 0 Å². The summed E-state index contributed by atoms with van der Waals surface area (Å²) in [5, 5.41) is 4.85. The number of nitrogens with zero attached hydrogens (tertiary/aromatic N) is 3. The number of nitrogens with one attached hydrogen (secondary N) is 1. The van der Waals surface area contributed by atoms with E-state index in [0.717, 1.165) is 42.8 Å². The quantitative estimate of drug-likeness (QED) is 0.437. The fraction of sp³-hybridized carbons (Fsp3) is 0.240. The monoisotopic (exact) mass is 476 g/mol. The second-order valence-electron chi connectivity index (χ2n) is 8.28. The number of hydrogen-bond acceptors (Lipinski definition) is 6. The number of fused-ring (bicyclic) bond motifs is 2. The van der Waals surface area contributed by atoms with E-state index in [1.54, 1.807) is 29.6 Å². The molecule has 0 atom stereocenters. The summed E-state index contributed by atoms with van der Waals surface area (Å²) in [5.41, 5.74) is 4.79. The highest BCUT2D eigenvalue weighted by atomic mass is 32.1. The van der Waals surface area contributed by atoms with E-state index >= 15 is 0 Å². The predicted octanol–water partition coefficient (Wildman–Crippen LogP) is 5.25. The first-order valence-corrected chi connectivity index (χ1v) is 12.4. The zero-order chi connectivity index (χ0) is 23.1. The van der Waals surface area contributed by atoms with Gasteiger partial charge in [-0.1, -0.05) is 12.1 Å². The molecule has 0 fully saturated rings. The molecule has 2 aromatic carbocycles. The molecule has 33 heavy (non-hydrogen) atoms. The number of carbonyl (C=O) groups is 2. The van der Waals surface area contributed by atoms with E-state index < -0.39 is 0 Å². The Balaban J connectivity index is 1.54. The lowest BCUT2D eigenvalue weighted by atomic mass is 10.0. The van der Waals surface area contributed by atoms with Crippen LogP contribution in [0.2, 0.25) is 0 Å². The first-order chi connectivity index (χ1) is 15.9. The number of benzene rings is 2. The zero-order valence-electron chi connectivity index (χ0n) is 18.7. The first-order valence-electron chi connectivity index (χ1n) is 10.8. The number of thiophene rings is 1. The molecule has 0 saturated carbocycles. The number of amides is 2. The van der Waals surface area contributed by atoms with E-state index in [1.165, 1.54) is 5.56 Å². The SMILES string of the molecule is CC(=O)N1CCc2c(sc(NC(=O)c3ccc(N(C)C)cc3)c2-c2nc3ccccc3s2)C1. The van der Waals surface area contributed by atoms with Gasteiger partial charge >= 0.3 is 0 Å². The Morgan fingerprint density at radius 1 is 1.06 bits per heavy atom. The molecule has 6 nitrogen and oxygen atoms in total. The van der Waals surface area contributed by atoms with E-state index in [9.17, 15) is 9.59 Å². The third-order valence-corrected chi connectivity index (χ3v) is 8.07. The van der Waals surface area contributed by atoms with Crippen LogP contribution in [-0.4, -0.2) is 42.3 Å². The Bertz CT molecular complexity index is 1320. The Labute approximate surface area is 200 Å². The number of para-hydroxylation sites is 1. The summed E-state index contributed by atoms with van der Waals surface area (Å²) >= 11 is 3.19. The van der Waals surface area contributed by atoms with Crippen molar-refractivity contribution in [3.05, 3.63) is 64.5 Å². The maximum absolute atomic E-state index is 13.1. The molecule has 0 unspecified atom stereocenters. The van der Waals surface area contributed by atoms with Crippen LogP contribution in [0.5, 0.6) is 0 Å². The molecule has 1 N–H and O–H groups in total. The zero-order valence-corrected chi connectivity index (χ0v) is 20.3. The van der Waals surface area contributed by atoms with Gasteiger partial charge in [0.05, 0.1) is 16.8 Å². The Morgan fingerprint density at radius 2 is 1.82 bits per heavy atom. The fourth-order valence-corrected chi connectivity index (χ4v) is 6.42. The highest BCUT2D eigenvalue weighted by Crippen LogP contribution is 2.45. The van der Waals surface area contributed by atoms with Crippen LogP contribution in [0, 0.1) is 0 Å². The largest absolute Gasteiger partial charge is 0.378 e. The van der Waals surface area contributed by atoms with Crippen LogP contribution in [0.15, 0.2) is 48.5 Å². The molecule has 1 aliphatic rings. The molecule has 2 aromatic heterocycles. The Morgan fingerprint density at radius 3 is 2.52 bits per heavy atom. The molecule has 4 aromatic rings. The standard InChI is InChI=1S/C25H24N4O2S2/c1-15(30)29-13-12-18-21(14-29)33-25(22(18)24-26-19-6-4-5-7-20(19)32-24)27-23(31)16-8-10-17(11-9-16)28(2)3/h4-11H,12-14H2,1-3H3,(H,27,31). The number of thiazole rings is 1. The number of anilines is 2. The van der Waals surface area contributed by atoms with Gasteiger partial charge in [0.1, 0.15) is 10.0 Å². The summed E-state index contributed by atoms with van der Waals surface area (Å²) in [5.74, 6) is -0.0770. The molecule has 168 valence electrons. The molecule has 0 aliphatic carbocycles. The summed E-state index contributed by atoms with van der Waals surface area (Å²) in [7, 11) is 3.94. The van der Waals surface area contributed by atoms with Crippen molar-refractivity contribution in [1.29, 1.82) is 0 Å². The minimum absolute atomic E-state index is 0.0714. The minimum atomic E-state index is -0.148. The second kappa shape index (κ2) is 8.61. The van der Waals surface area contributed by atoms with E-state index in [1.807, 2.05) is 66.4 Å². The maximum atomic E-state index is 13.1. The van der Waals surface area contributed by atoms with Crippen molar-refractivity contribution >= 4 is 55.4 Å². The van der Waals surface area contributed by atoms with Gasteiger partial charge in [-0.3, -0.25) is 9.59 Å². The number of carbonyl (C=O) groups excluding carboxylic acids is 2. The fourth-order valence-electron chi connectivity index (χ4n) is 4.05. The van der Waals surface area contributed by atoms with Gasteiger partial charge < -0.3 is 15.1 Å². The predicted molar refractivity (Wildman–Crippen MR) is 136 cm³/mol. The first kappa shape index (κ1) is 21.6. The van der Waals surface area contributed by atoms with Crippen molar-refractivity contribution in [3.8, 4) is 10.6 Å². The molecule has 0 radical (unpaired) electrons. The summed E-state index contributed by atoms with van der Waals surface area (Å²) in [6.45, 7) is 2.85. The van der Waals surface area contributed by atoms with Gasteiger partial charge in [-0.15, -0.1) is 22.7 Å². The van der Waals surface area contributed by atoms with Gasteiger partial charge in [0.15, 0.2) is 0 Å². The van der Waals surface area contributed by atoms with Gasteiger partial charge in [0.2, 0.25) is 5.91 Å². The lowest BCUT2D eigenvalue weighted by molar-refractivity contribution is -0.129. The number of rotatable bonds is 4. The van der Waals surface area contributed by atoms with Gasteiger partial charge in [0.25, 0.3) is 5.91 Å². The number of aromatic nitrogens is 1. The van der Waals surface area contributed by atoms with Crippen LogP contribution in [0.3, 0.4) is 0 Å². The van der Waals surface area contributed by atoms with Crippen molar-refractivity contribution in [2.75, 3.05) is 30.9 Å². The van der Waals surface area contributed by atoms with Gasteiger partial charge in [-0.2, -0.15) is 0 Å². The van der Waals surface area contributed by atoms with Crippen LogP contribution in [0.4, 0.5) is 10.7 Å². The summed E-state index contributed by atoms with van der Waals surface area (Å²) in [4.78, 5) is 35.0. The third kappa shape index (κ3) is 4.12. The summed E-state index contributed by atoms with van der Waals surface area (Å²) in [6, 6.07) is 15.6. The summed E-state index contributed by atoms with van der Waals surface area (Å²) in [6.07, 6.45) is 0.754. The third-order valence-electron chi connectivity index (χ3n) is 5.88. The van der Waals surface area contributed by atoms with Gasteiger partial charge in [-0.05, 0) is 48.4 Å². The van der Waals surface area contributed by atoms with Crippen molar-refractivity contribution in [2.45, 2.75) is 19.9 Å². The molecule has 5 rings (SSSR count). The smallest absolute Gasteiger partial charge is 0.256 e. The molecule has 3 heterocycles. The lowest BCUT2D eigenvalue weighted by Crippen LogP contribution is -2.33. The van der Waals surface area contributed by atoms with Crippen LogP contribution < -0.4 is 10.2 Å². The molecule has 0 saturated heterocycles. The van der Waals surface area contributed by atoms with Crippen molar-refractivity contribution in [2.24, 2.45) is 0 Å². The second-order valence-corrected chi connectivity index (χ2v) is 10.4. The van der Waals surface area contributed by atoms with Crippen molar-refractivity contribution in [1.82, 2.24) is 9.88 Å². The maximum Gasteiger partial charge on any atom is 0.256 e. The van der Waals surface area contributed by atoms with E-state index in [-0.39, 0.29) is 11.8 Å². The highest BCUT2D eigenvalue weighted by Gasteiger charge is 2.28. The molecule has 1 aliphatic heterocycles. The van der Waals surface area contributed by atoms with Crippen LogP contribution in [0.25, 0.3) is 20.8 Å². The van der Waals surface area contributed by atoms with Gasteiger partial charge in [-0.25, -0.2) is 4.98 Å². The normalized spacial score (nSPS) is 13.1. The molecule has 2 amide bonds. The molecule has 0 spiro atoms. The molecule has 0 bridgehead atoms. The molecular formula is C25H24N4O2S2. The average Bonchev–Trinajstić information content (AvgIpc) is 3.38. The van der Waals surface area contributed by atoms with Crippen LogP contribution in [-0.2, 0) is 17.8 Å². The van der Waals surface area contributed by atoms with E-state index in [2.05, 4.69) is 11.4 Å². The topological polar surface area (TPSA) is 65.5 Å². The lowest BCUT2D eigenvalue weighted by Gasteiger charge is -2.26. The highest BCUT2D eigenvalue weighted by molar-refractivity contribution is 7.23. The van der Waals surface area contributed by atoms with Gasteiger partial charge in [0, 0.05) is 49.3 Å². The average molecular weight is 477 g/mol. The molecular weight excluding hydrogens is 452 g/mol. The molecule has 8 heteroatoms. The van der Waals surface area contributed by atoms with E-state index in [0.29, 0.717) is 18.7 Å². The number of hydrogen-bond donors (Lipinski definition) is 1. The Kier molecular flexibility index (Phi) is 5.64. The summed E-state index contributed by atoms with van der Waals surface area (Å²) < 4.78 is 1.12. The van der Waals surface area contributed by atoms with Crippen molar-refractivity contribution < 1.29 is 9.59 Å². The van der Waals surface area contributed by atoms with Crippen LogP contribution >= 0.6 is 22.7 Å². The minimum Gasteiger partial charge on any atom is -0.378 e.